The topological polar surface area (TPSA) is 61.8 Å². The second kappa shape index (κ2) is 9.82. The minimum atomic E-state index is -0.472. The predicted molar refractivity (Wildman–Crippen MR) is 138 cm³/mol. The molecule has 0 bridgehead atoms. The SMILES string of the molecule is CC(C)(C)OC(=O)N1CC=C(c2cc3sc(N4CCC(N5CCCCC5)CC4)nc3cn2)CC1. The van der Waals surface area contributed by atoms with Crippen molar-refractivity contribution in [2.45, 2.75) is 70.9 Å². The highest BCUT2D eigenvalue weighted by Crippen LogP contribution is 2.33. The lowest BCUT2D eigenvalue weighted by Crippen LogP contribution is -2.46. The number of carbonyl (C=O) groups excluding carboxylic acids is 1. The first-order chi connectivity index (χ1) is 16.4. The zero-order chi connectivity index (χ0) is 23.7. The van der Waals surface area contributed by atoms with Crippen LogP contribution >= 0.6 is 11.3 Å². The van der Waals surface area contributed by atoms with E-state index < -0.39 is 5.60 Å². The van der Waals surface area contributed by atoms with E-state index in [0.29, 0.717) is 13.1 Å². The molecule has 0 aliphatic carbocycles. The second-order valence-corrected chi connectivity index (χ2v) is 11.8. The highest BCUT2D eigenvalue weighted by atomic mass is 32.1. The molecule has 0 saturated carbocycles. The van der Waals surface area contributed by atoms with Gasteiger partial charge in [-0.05, 0) is 77.6 Å². The Bertz CT molecular complexity index is 1050. The van der Waals surface area contributed by atoms with E-state index in [-0.39, 0.29) is 6.09 Å². The van der Waals surface area contributed by atoms with Crippen LogP contribution in [0, 0.1) is 0 Å². The predicted octanol–water partition coefficient (Wildman–Crippen LogP) is 5.17. The number of rotatable bonds is 3. The maximum absolute atomic E-state index is 12.3. The number of hydrogen-bond donors (Lipinski definition) is 0. The summed E-state index contributed by atoms with van der Waals surface area (Å²) in [6, 6.07) is 2.92. The van der Waals surface area contributed by atoms with Gasteiger partial charge in [-0.15, -0.1) is 0 Å². The Morgan fingerprint density at radius 3 is 2.53 bits per heavy atom. The molecule has 0 atom stereocenters. The summed E-state index contributed by atoms with van der Waals surface area (Å²) in [6.07, 6.45) is 11.2. The highest BCUT2D eigenvalue weighted by molar-refractivity contribution is 7.22. The highest BCUT2D eigenvalue weighted by Gasteiger charge is 2.27. The number of piperidine rings is 2. The third-order valence-corrected chi connectivity index (χ3v) is 8.17. The van der Waals surface area contributed by atoms with E-state index in [1.165, 1.54) is 55.5 Å². The number of aromatic nitrogens is 2. The van der Waals surface area contributed by atoms with Crippen LogP contribution in [0.3, 0.4) is 0 Å². The van der Waals surface area contributed by atoms with E-state index in [1.54, 1.807) is 16.2 Å². The Kier molecular flexibility index (Phi) is 6.80. The molecule has 8 heteroatoms. The first-order valence-electron chi connectivity index (χ1n) is 12.8. The lowest BCUT2D eigenvalue weighted by Gasteiger charge is -2.40. The molecular weight excluding hydrogens is 446 g/mol. The van der Waals surface area contributed by atoms with Crippen molar-refractivity contribution in [2.24, 2.45) is 0 Å². The molecule has 2 aromatic rings. The van der Waals surface area contributed by atoms with Gasteiger partial charge in [0.2, 0.25) is 0 Å². The van der Waals surface area contributed by atoms with Gasteiger partial charge in [0.15, 0.2) is 5.13 Å². The molecule has 0 spiro atoms. The molecule has 3 aliphatic heterocycles. The first kappa shape index (κ1) is 23.5. The molecular formula is C26H37N5O2S. The van der Waals surface area contributed by atoms with Crippen LogP contribution < -0.4 is 4.90 Å². The van der Waals surface area contributed by atoms with Gasteiger partial charge >= 0.3 is 6.09 Å². The first-order valence-corrected chi connectivity index (χ1v) is 13.6. The number of carbonyl (C=O) groups is 1. The fraction of sp³-hybridized carbons (Fsp3) is 0.654. The molecule has 0 N–H and O–H groups in total. The van der Waals surface area contributed by atoms with Crippen molar-refractivity contribution in [1.29, 1.82) is 0 Å². The smallest absolute Gasteiger partial charge is 0.410 e. The van der Waals surface area contributed by atoms with Crippen molar-refractivity contribution in [3.8, 4) is 0 Å². The van der Waals surface area contributed by atoms with Gasteiger partial charge in [0.25, 0.3) is 0 Å². The van der Waals surface area contributed by atoms with E-state index in [4.69, 9.17) is 14.7 Å². The molecule has 0 radical (unpaired) electrons. The van der Waals surface area contributed by atoms with Gasteiger partial charge in [-0.25, -0.2) is 9.78 Å². The second-order valence-electron chi connectivity index (χ2n) is 10.8. The van der Waals surface area contributed by atoms with Crippen molar-refractivity contribution < 1.29 is 9.53 Å². The van der Waals surface area contributed by atoms with Crippen LogP contribution in [0.25, 0.3) is 15.8 Å². The molecule has 5 rings (SSSR count). The standard InChI is InChI=1S/C26H37N5O2S/c1-26(2,3)33-25(32)31-13-7-19(8-14-31)21-17-23-22(18-27-21)28-24(34-23)30-15-9-20(10-16-30)29-11-5-4-6-12-29/h7,17-18,20H,4-6,8-16H2,1-3H3. The molecule has 2 saturated heterocycles. The molecule has 34 heavy (non-hydrogen) atoms. The van der Waals surface area contributed by atoms with Crippen LogP contribution in [0.4, 0.5) is 9.93 Å². The molecule has 2 aromatic heterocycles. The third kappa shape index (κ3) is 5.38. The Balaban J connectivity index is 1.22. The van der Waals surface area contributed by atoms with Gasteiger partial charge in [-0.1, -0.05) is 23.8 Å². The van der Waals surface area contributed by atoms with Crippen LogP contribution in [0.15, 0.2) is 18.3 Å². The Hall–Kier alpha value is -2.19. The Morgan fingerprint density at radius 1 is 1.09 bits per heavy atom. The number of anilines is 1. The van der Waals surface area contributed by atoms with Gasteiger partial charge in [-0.2, -0.15) is 0 Å². The van der Waals surface area contributed by atoms with Gasteiger partial charge in [0.05, 0.1) is 16.6 Å². The van der Waals surface area contributed by atoms with E-state index in [1.807, 2.05) is 27.0 Å². The van der Waals surface area contributed by atoms with Gasteiger partial charge in [-0.3, -0.25) is 4.98 Å². The van der Waals surface area contributed by atoms with E-state index >= 15 is 0 Å². The summed E-state index contributed by atoms with van der Waals surface area (Å²) in [5, 5.41) is 1.12. The molecule has 5 heterocycles. The number of ether oxygens (including phenoxy) is 1. The summed E-state index contributed by atoms with van der Waals surface area (Å²) < 4.78 is 6.69. The van der Waals surface area contributed by atoms with Crippen LogP contribution in [-0.4, -0.2) is 76.8 Å². The van der Waals surface area contributed by atoms with Crippen LogP contribution in [-0.2, 0) is 4.74 Å². The molecule has 0 aromatic carbocycles. The maximum Gasteiger partial charge on any atom is 0.410 e. The average molecular weight is 484 g/mol. The fourth-order valence-corrected chi connectivity index (χ4v) is 6.26. The summed E-state index contributed by atoms with van der Waals surface area (Å²) in [4.78, 5) is 28.9. The lowest BCUT2D eigenvalue weighted by molar-refractivity contribution is 0.0270. The van der Waals surface area contributed by atoms with Crippen molar-refractivity contribution in [2.75, 3.05) is 44.2 Å². The molecule has 0 unspecified atom stereocenters. The van der Waals surface area contributed by atoms with Gasteiger partial charge < -0.3 is 19.4 Å². The third-order valence-electron chi connectivity index (χ3n) is 7.10. The summed E-state index contributed by atoms with van der Waals surface area (Å²) in [5.41, 5.74) is 2.70. The summed E-state index contributed by atoms with van der Waals surface area (Å²) in [5.74, 6) is 0. The number of fused-ring (bicyclic) bond motifs is 1. The lowest BCUT2D eigenvalue weighted by atomic mass is 10.0. The van der Waals surface area contributed by atoms with Crippen molar-refractivity contribution >= 4 is 38.4 Å². The zero-order valence-corrected chi connectivity index (χ0v) is 21.6. The van der Waals surface area contributed by atoms with Crippen molar-refractivity contribution in [1.82, 2.24) is 19.8 Å². The molecule has 3 aliphatic rings. The maximum atomic E-state index is 12.3. The van der Waals surface area contributed by atoms with Crippen LogP contribution in [0.1, 0.15) is 65.0 Å². The number of nitrogens with zero attached hydrogens (tertiary/aromatic N) is 5. The average Bonchev–Trinajstić information content (AvgIpc) is 3.27. The largest absolute Gasteiger partial charge is 0.444 e. The number of pyridine rings is 1. The summed E-state index contributed by atoms with van der Waals surface area (Å²) in [7, 11) is 0. The number of amides is 1. The number of hydrogen-bond acceptors (Lipinski definition) is 7. The van der Waals surface area contributed by atoms with E-state index in [0.717, 1.165) is 41.9 Å². The Labute approximate surface area is 206 Å². The zero-order valence-electron chi connectivity index (χ0n) is 20.8. The van der Waals surface area contributed by atoms with Gasteiger partial charge in [0.1, 0.15) is 11.1 Å². The van der Waals surface area contributed by atoms with Crippen molar-refractivity contribution in [3.63, 3.8) is 0 Å². The van der Waals surface area contributed by atoms with E-state index in [9.17, 15) is 4.79 Å². The van der Waals surface area contributed by atoms with Crippen molar-refractivity contribution in [3.05, 3.63) is 24.0 Å². The molecule has 1 amide bonds. The Morgan fingerprint density at radius 2 is 1.85 bits per heavy atom. The molecule has 2 fully saturated rings. The van der Waals surface area contributed by atoms with Gasteiger partial charge in [0, 0.05) is 32.2 Å². The van der Waals surface area contributed by atoms with E-state index in [2.05, 4.69) is 21.9 Å². The quantitative estimate of drug-likeness (QED) is 0.600. The minimum Gasteiger partial charge on any atom is -0.444 e. The number of likely N-dealkylation sites (tertiary alicyclic amines) is 1. The minimum absolute atomic E-state index is 0.248. The van der Waals surface area contributed by atoms with Crippen LogP contribution in [0.2, 0.25) is 0 Å². The number of thiazole rings is 1. The monoisotopic (exact) mass is 483 g/mol. The normalized spacial score (nSPS) is 21.1. The molecule has 7 nitrogen and oxygen atoms in total. The molecule has 184 valence electrons. The summed E-state index contributed by atoms with van der Waals surface area (Å²) >= 11 is 1.78. The summed E-state index contributed by atoms with van der Waals surface area (Å²) in [6.45, 7) is 11.7. The fourth-order valence-electron chi connectivity index (χ4n) is 5.23. The van der Waals surface area contributed by atoms with Crippen LogP contribution in [0.5, 0.6) is 0 Å².